The van der Waals surface area contributed by atoms with Crippen LogP contribution in [0.3, 0.4) is 0 Å². The molecule has 1 aromatic rings. The van der Waals surface area contributed by atoms with Gasteiger partial charge in [-0.1, -0.05) is 12.2 Å². The quantitative estimate of drug-likeness (QED) is 0.823. The molecule has 3 N–H and O–H groups in total. The molecule has 0 saturated carbocycles. The number of benzene rings is 1. The van der Waals surface area contributed by atoms with Crippen LogP contribution in [0.15, 0.2) is 18.2 Å². The molecule has 0 aliphatic carbocycles. The fraction of sp³-hybridized carbons (Fsp3) is 0.462. The van der Waals surface area contributed by atoms with Crippen LogP contribution >= 0.6 is 12.2 Å². The highest BCUT2D eigenvalue weighted by Crippen LogP contribution is 2.22. The Morgan fingerprint density at radius 2 is 2.39 bits per heavy atom. The second kappa shape index (κ2) is 5.63. The van der Waals surface area contributed by atoms with Crippen molar-refractivity contribution >= 4 is 22.9 Å². The van der Waals surface area contributed by atoms with Gasteiger partial charge in [-0.25, -0.2) is 4.39 Å². The lowest BCUT2D eigenvalue weighted by molar-refractivity contribution is 0.183. The van der Waals surface area contributed by atoms with Crippen molar-refractivity contribution in [2.45, 2.75) is 19.4 Å². The van der Waals surface area contributed by atoms with Gasteiger partial charge in [0.25, 0.3) is 0 Å². The Labute approximate surface area is 112 Å². The minimum Gasteiger partial charge on any atom is -0.389 e. The summed E-state index contributed by atoms with van der Waals surface area (Å²) in [5.74, 6) is 0.103. The van der Waals surface area contributed by atoms with E-state index in [1.807, 2.05) is 6.92 Å². The summed E-state index contributed by atoms with van der Waals surface area (Å²) in [6.45, 7) is 3.57. The van der Waals surface area contributed by atoms with Crippen LogP contribution in [0.1, 0.15) is 18.9 Å². The van der Waals surface area contributed by atoms with Crippen LogP contribution in [0.5, 0.6) is 0 Å². The summed E-state index contributed by atoms with van der Waals surface area (Å²) in [6.07, 6.45) is 1.01. The van der Waals surface area contributed by atoms with Crippen LogP contribution in [0, 0.1) is 11.7 Å². The van der Waals surface area contributed by atoms with E-state index in [-0.39, 0.29) is 16.8 Å². The van der Waals surface area contributed by atoms with E-state index in [1.165, 1.54) is 6.07 Å². The fourth-order valence-corrected chi connectivity index (χ4v) is 2.22. The molecule has 0 amide bonds. The summed E-state index contributed by atoms with van der Waals surface area (Å²) in [7, 11) is 0. The first-order chi connectivity index (χ1) is 8.58. The molecule has 1 heterocycles. The van der Waals surface area contributed by atoms with Crippen molar-refractivity contribution in [1.82, 2.24) is 0 Å². The number of nitrogens with one attached hydrogen (secondary N) is 1. The summed E-state index contributed by atoms with van der Waals surface area (Å²) in [5.41, 5.74) is 6.49. The van der Waals surface area contributed by atoms with Gasteiger partial charge in [-0.15, -0.1) is 0 Å². The molecular weight excluding hydrogens is 251 g/mol. The van der Waals surface area contributed by atoms with Gasteiger partial charge in [0.15, 0.2) is 0 Å². The molecule has 3 nitrogen and oxygen atoms in total. The lowest BCUT2D eigenvalue weighted by Crippen LogP contribution is -2.26. The third kappa shape index (κ3) is 2.97. The zero-order valence-corrected chi connectivity index (χ0v) is 11.1. The van der Waals surface area contributed by atoms with Gasteiger partial charge in [0, 0.05) is 24.1 Å². The molecule has 2 rings (SSSR count). The van der Waals surface area contributed by atoms with Crippen molar-refractivity contribution in [1.29, 1.82) is 0 Å². The summed E-state index contributed by atoms with van der Waals surface area (Å²) < 4.78 is 19.2. The fourth-order valence-electron chi connectivity index (χ4n) is 2.10. The van der Waals surface area contributed by atoms with E-state index < -0.39 is 0 Å². The number of hydrogen-bond acceptors (Lipinski definition) is 3. The van der Waals surface area contributed by atoms with E-state index in [9.17, 15) is 4.39 Å². The number of anilines is 1. The minimum absolute atomic E-state index is 0.178. The largest absolute Gasteiger partial charge is 0.389 e. The Kier molecular flexibility index (Phi) is 4.14. The van der Waals surface area contributed by atoms with Gasteiger partial charge < -0.3 is 15.8 Å². The average molecular weight is 268 g/mol. The molecule has 1 saturated heterocycles. The van der Waals surface area contributed by atoms with E-state index in [0.29, 0.717) is 17.2 Å². The third-order valence-electron chi connectivity index (χ3n) is 3.31. The Morgan fingerprint density at radius 3 is 2.94 bits per heavy atom. The summed E-state index contributed by atoms with van der Waals surface area (Å²) in [4.78, 5) is 0.206. The van der Waals surface area contributed by atoms with Crippen LogP contribution in [0.4, 0.5) is 10.1 Å². The Morgan fingerprint density at radius 1 is 1.61 bits per heavy atom. The van der Waals surface area contributed by atoms with Gasteiger partial charge in [-0.2, -0.15) is 0 Å². The molecule has 1 aromatic carbocycles. The standard InChI is InChI=1S/C13H17FN2OS/c1-8(10-4-5-17-7-10)16-12-3-2-9(13(15)18)6-11(12)14/h2-3,6,8,10,16H,4-5,7H2,1H3,(H2,15,18). The number of rotatable bonds is 4. The monoisotopic (exact) mass is 268 g/mol. The zero-order chi connectivity index (χ0) is 13.1. The molecule has 0 radical (unpaired) electrons. The van der Waals surface area contributed by atoms with Gasteiger partial charge >= 0.3 is 0 Å². The van der Waals surface area contributed by atoms with E-state index in [0.717, 1.165) is 19.6 Å². The molecule has 5 heteroatoms. The van der Waals surface area contributed by atoms with Crippen LogP contribution in [-0.2, 0) is 4.74 Å². The highest BCUT2D eigenvalue weighted by atomic mass is 32.1. The first-order valence-corrected chi connectivity index (χ1v) is 6.42. The van der Waals surface area contributed by atoms with E-state index >= 15 is 0 Å². The summed E-state index contributed by atoms with van der Waals surface area (Å²) >= 11 is 4.81. The van der Waals surface area contributed by atoms with Crippen molar-refractivity contribution in [2.24, 2.45) is 11.7 Å². The predicted octanol–water partition coefficient (Wildman–Crippen LogP) is 2.30. The van der Waals surface area contributed by atoms with Gasteiger partial charge in [0.05, 0.1) is 12.3 Å². The number of ether oxygens (including phenoxy) is 1. The maximum atomic E-state index is 13.8. The molecule has 1 aliphatic heterocycles. The van der Waals surface area contributed by atoms with Crippen molar-refractivity contribution < 1.29 is 9.13 Å². The molecule has 1 aliphatic rings. The maximum absolute atomic E-state index is 13.8. The summed E-state index contributed by atoms with van der Waals surface area (Å²) in [5, 5.41) is 3.18. The number of thiocarbonyl (C=S) groups is 1. The lowest BCUT2D eigenvalue weighted by atomic mass is 10.0. The minimum atomic E-state index is -0.328. The molecule has 0 bridgehead atoms. The van der Waals surface area contributed by atoms with Crippen LogP contribution in [0.25, 0.3) is 0 Å². The highest BCUT2D eigenvalue weighted by Gasteiger charge is 2.22. The van der Waals surface area contributed by atoms with Gasteiger partial charge in [0.2, 0.25) is 0 Å². The van der Waals surface area contributed by atoms with E-state index in [2.05, 4.69) is 5.32 Å². The van der Waals surface area contributed by atoms with Crippen molar-refractivity contribution in [3.8, 4) is 0 Å². The zero-order valence-electron chi connectivity index (χ0n) is 10.3. The van der Waals surface area contributed by atoms with Crippen LogP contribution in [-0.4, -0.2) is 24.2 Å². The average Bonchev–Trinajstić information content (AvgIpc) is 2.85. The van der Waals surface area contributed by atoms with Crippen LogP contribution < -0.4 is 11.1 Å². The van der Waals surface area contributed by atoms with Gasteiger partial charge in [-0.3, -0.25) is 0 Å². The van der Waals surface area contributed by atoms with Crippen molar-refractivity contribution in [2.75, 3.05) is 18.5 Å². The Bertz CT molecular complexity index is 447. The SMILES string of the molecule is CC(Nc1ccc(C(N)=S)cc1F)C1CCOC1. The maximum Gasteiger partial charge on any atom is 0.146 e. The molecule has 2 unspecified atom stereocenters. The molecule has 2 atom stereocenters. The second-order valence-corrected chi connectivity index (χ2v) is 5.06. The normalized spacial score (nSPS) is 20.7. The number of halogens is 1. The highest BCUT2D eigenvalue weighted by molar-refractivity contribution is 7.80. The molecule has 1 fully saturated rings. The smallest absolute Gasteiger partial charge is 0.146 e. The molecular formula is C13H17FN2OS. The lowest BCUT2D eigenvalue weighted by Gasteiger charge is -2.21. The number of hydrogen-bond donors (Lipinski definition) is 2. The topological polar surface area (TPSA) is 47.3 Å². The molecule has 98 valence electrons. The number of nitrogens with two attached hydrogens (primary N) is 1. The molecule has 18 heavy (non-hydrogen) atoms. The summed E-state index contributed by atoms with van der Waals surface area (Å²) in [6, 6.07) is 4.95. The van der Waals surface area contributed by atoms with Crippen LogP contribution in [0.2, 0.25) is 0 Å². The van der Waals surface area contributed by atoms with E-state index in [1.54, 1.807) is 12.1 Å². The Balaban J connectivity index is 2.06. The molecule has 0 aromatic heterocycles. The van der Waals surface area contributed by atoms with Crippen molar-refractivity contribution in [3.63, 3.8) is 0 Å². The van der Waals surface area contributed by atoms with E-state index in [4.69, 9.17) is 22.7 Å². The first kappa shape index (κ1) is 13.2. The van der Waals surface area contributed by atoms with Crippen molar-refractivity contribution in [3.05, 3.63) is 29.6 Å². The van der Waals surface area contributed by atoms with Gasteiger partial charge in [-0.05, 0) is 31.5 Å². The molecule has 0 spiro atoms. The Hall–Kier alpha value is -1.20. The first-order valence-electron chi connectivity index (χ1n) is 6.01. The third-order valence-corrected chi connectivity index (χ3v) is 3.54. The van der Waals surface area contributed by atoms with Gasteiger partial charge in [0.1, 0.15) is 10.8 Å². The second-order valence-electron chi connectivity index (χ2n) is 4.62. The predicted molar refractivity (Wildman–Crippen MR) is 74.3 cm³/mol.